The summed E-state index contributed by atoms with van der Waals surface area (Å²) < 4.78 is 21.9. The Labute approximate surface area is 227 Å². The van der Waals surface area contributed by atoms with Crippen LogP contribution in [0.1, 0.15) is 34.3 Å². The average Bonchev–Trinajstić information content (AvgIpc) is 3.61. The van der Waals surface area contributed by atoms with Crippen LogP contribution in [-0.4, -0.2) is 52.1 Å². The minimum Gasteiger partial charge on any atom is -0.376 e. The number of aryl methyl sites for hydroxylation is 2. The number of carbonyl (C=O) groups is 2. The molecule has 1 fully saturated rings. The fourth-order valence-electron chi connectivity index (χ4n) is 4.61. The highest BCUT2D eigenvalue weighted by Crippen LogP contribution is 2.25. The lowest BCUT2D eigenvalue weighted by Gasteiger charge is -2.25. The molecule has 1 saturated heterocycles. The number of anilines is 1. The van der Waals surface area contributed by atoms with Gasteiger partial charge in [0, 0.05) is 30.5 Å². The number of nitrogens with zero attached hydrogens (tertiary/aromatic N) is 3. The molecule has 1 atom stereocenters. The summed E-state index contributed by atoms with van der Waals surface area (Å²) in [6.45, 7) is 4.43. The third-order valence-electron chi connectivity index (χ3n) is 6.83. The van der Waals surface area contributed by atoms with Crippen LogP contribution in [0, 0.1) is 19.7 Å². The van der Waals surface area contributed by atoms with Crippen molar-refractivity contribution in [3.63, 3.8) is 0 Å². The van der Waals surface area contributed by atoms with Crippen molar-refractivity contribution >= 4 is 17.8 Å². The van der Waals surface area contributed by atoms with E-state index in [0.717, 1.165) is 24.0 Å². The number of amides is 2. The molecule has 0 saturated carbocycles. The van der Waals surface area contributed by atoms with Gasteiger partial charge in [-0.05, 0) is 56.5 Å². The van der Waals surface area contributed by atoms with Crippen LogP contribution < -0.4 is 5.32 Å². The van der Waals surface area contributed by atoms with Crippen molar-refractivity contribution in [2.45, 2.75) is 32.8 Å². The van der Waals surface area contributed by atoms with Crippen molar-refractivity contribution < 1.29 is 18.7 Å². The number of carbonyl (C=O) groups excluding carboxylic acids is 2. The molecule has 3 aromatic carbocycles. The number of aromatic nitrogens is 2. The van der Waals surface area contributed by atoms with Crippen molar-refractivity contribution in [1.29, 1.82) is 0 Å². The first-order valence-corrected chi connectivity index (χ1v) is 13.1. The summed E-state index contributed by atoms with van der Waals surface area (Å²) >= 11 is 0. The van der Waals surface area contributed by atoms with Gasteiger partial charge in [-0.1, -0.05) is 54.1 Å². The SMILES string of the molecule is Cc1ccc(C(=O)N(CC(=O)Nc2nc(-c3ccccc3)cn2-c2ccc(C)c(F)c2)C[C@@H]2CCCO2)cc1. The fourth-order valence-corrected chi connectivity index (χ4v) is 4.61. The van der Waals surface area contributed by atoms with E-state index in [1.165, 1.54) is 11.0 Å². The van der Waals surface area contributed by atoms with Gasteiger partial charge in [0.15, 0.2) is 0 Å². The molecule has 8 heteroatoms. The molecule has 5 rings (SSSR count). The molecule has 4 aromatic rings. The summed E-state index contributed by atoms with van der Waals surface area (Å²) in [6.07, 6.45) is 3.41. The van der Waals surface area contributed by atoms with Gasteiger partial charge in [0.05, 0.1) is 17.5 Å². The smallest absolute Gasteiger partial charge is 0.254 e. The summed E-state index contributed by atoms with van der Waals surface area (Å²) in [5, 5.41) is 2.86. The van der Waals surface area contributed by atoms with Gasteiger partial charge >= 0.3 is 0 Å². The summed E-state index contributed by atoms with van der Waals surface area (Å²) in [5.41, 5.74) is 4.08. The number of hydrogen-bond acceptors (Lipinski definition) is 4. The van der Waals surface area contributed by atoms with Gasteiger partial charge < -0.3 is 9.64 Å². The van der Waals surface area contributed by atoms with Crippen LogP contribution >= 0.6 is 0 Å². The number of halogens is 1. The zero-order valence-corrected chi connectivity index (χ0v) is 22.1. The number of benzene rings is 3. The lowest BCUT2D eigenvalue weighted by Crippen LogP contribution is -2.42. The molecule has 2 heterocycles. The Bertz CT molecular complexity index is 1460. The zero-order valence-electron chi connectivity index (χ0n) is 22.1. The minimum atomic E-state index is -0.410. The lowest BCUT2D eigenvalue weighted by molar-refractivity contribution is -0.117. The van der Waals surface area contributed by atoms with Gasteiger partial charge in [-0.15, -0.1) is 0 Å². The number of nitrogens with one attached hydrogen (secondary N) is 1. The van der Waals surface area contributed by atoms with Crippen LogP contribution in [0.4, 0.5) is 10.3 Å². The topological polar surface area (TPSA) is 76.5 Å². The van der Waals surface area contributed by atoms with Gasteiger partial charge in [-0.25, -0.2) is 9.37 Å². The van der Waals surface area contributed by atoms with Crippen LogP contribution in [0.2, 0.25) is 0 Å². The van der Waals surface area contributed by atoms with Gasteiger partial charge in [0.2, 0.25) is 11.9 Å². The van der Waals surface area contributed by atoms with Crippen LogP contribution in [0.25, 0.3) is 16.9 Å². The predicted octanol–water partition coefficient (Wildman–Crippen LogP) is 5.56. The molecule has 200 valence electrons. The Morgan fingerprint density at radius 3 is 2.54 bits per heavy atom. The summed E-state index contributed by atoms with van der Waals surface area (Å²) in [7, 11) is 0. The largest absolute Gasteiger partial charge is 0.376 e. The molecule has 0 radical (unpaired) electrons. The highest BCUT2D eigenvalue weighted by atomic mass is 19.1. The van der Waals surface area contributed by atoms with E-state index in [2.05, 4.69) is 10.3 Å². The van der Waals surface area contributed by atoms with Crippen LogP contribution in [0.15, 0.2) is 79.0 Å². The number of hydrogen-bond donors (Lipinski definition) is 1. The first-order chi connectivity index (χ1) is 18.9. The molecule has 0 spiro atoms. The third kappa shape index (κ3) is 6.23. The van der Waals surface area contributed by atoms with E-state index < -0.39 is 5.91 Å². The maximum absolute atomic E-state index is 14.5. The number of rotatable bonds is 8. The molecule has 1 N–H and O–H groups in total. The van der Waals surface area contributed by atoms with E-state index >= 15 is 0 Å². The van der Waals surface area contributed by atoms with E-state index in [1.54, 1.807) is 42.0 Å². The van der Waals surface area contributed by atoms with Crippen LogP contribution in [0.3, 0.4) is 0 Å². The molecular weight excluding hydrogens is 495 g/mol. The summed E-state index contributed by atoms with van der Waals surface area (Å²) in [5.74, 6) is -0.768. The highest BCUT2D eigenvalue weighted by molar-refractivity contribution is 5.99. The normalized spacial score (nSPS) is 14.8. The summed E-state index contributed by atoms with van der Waals surface area (Å²) in [4.78, 5) is 32.9. The van der Waals surface area contributed by atoms with Gasteiger partial charge in [0.1, 0.15) is 12.4 Å². The quantitative estimate of drug-likeness (QED) is 0.326. The van der Waals surface area contributed by atoms with E-state index in [-0.39, 0.29) is 30.3 Å². The number of ether oxygens (including phenoxy) is 1. The highest BCUT2D eigenvalue weighted by Gasteiger charge is 2.26. The van der Waals surface area contributed by atoms with E-state index in [0.29, 0.717) is 35.7 Å². The molecule has 2 amide bonds. The second-order valence-corrected chi connectivity index (χ2v) is 9.85. The Hall–Kier alpha value is -4.30. The molecule has 0 bridgehead atoms. The van der Waals surface area contributed by atoms with Crippen LogP contribution in [-0.2, 0) is 9.53 Å². The Kier molecular flexibility index (Phi) is 7.84. The van der Waals surface area contributed by atoms with Crippen molar-refractivity contribution in [2.75, 3.05) is 25.0 Å². The standard InChI is InChI=1S/C31H31FN4O3/c1-21-10-13-24(14-11-21)30(38)35(18-26-9-6-16-39-26)20-29(37)34-31-33-28(23-7-4-3-5-8-23)19-36(31)25-15-12-22(2)27(32)17-25/h3-5,7-8,10-15,17,19,26H,6,9,16,18,20H2,1-2H3,(H,33,34,37)/t26-/m0/s1. The van der Waals surface area contributed by atoms with Gasteiger partial charge in [-0.2, -0.15) is 0 Å². The van der Waals surface area contributed by atoms with Gasteiger partial charge in [0.25, 0.3) is 5.91 Å². The van der Waals surface area contributed by atoms with Crippen molar-refractivity contribution in [2.24, 2.45) is 0 Å². The van der Waals surface area contributed by atoms with E-state index in [1.807, 2.05) is 49.4 Å². The maximum Gasteiger partial charge on any atom is 0.254 e. The molecule has 0 unspecified atom stereocenters. The molecule has 1 aromatic heterocycles. The predicted molar refractivity (Wildman–Crippen MR) is 148 cm³/mol. The molecule has 39 heavy (non-hydrogen) atoms. The second kappa shape index (κ2) is 11.6. The molecule has 1 aliphatic rings. The number of imidazole rings is 1. The van der Waals surface area contributed by atoms with Crippen molar-refractivity contribution in [1.82, 2.24) is 14.5 Å². The minimum absolute atomic E-state index is 0.116. The second-order valence-electron chi connectivity index (χ2n) is 9.85. The lowest BCUT2D eigenvalue weighted by atomic mass is 10.1. The van der Waals surface area contributed by atoms with Crippen LogP contribution in [0.5, 0.6) is 0 Å². The van der Waals surface area contributed by atoms with E-state index in [4.69, 9.17) is 4.74 Å². The summed E-state index contributed by atoms with van der Waals surface area (Å²) in [6, 6.07) is 21.7. The molecule has 7 nitrogen and oxygen atoms in total. The van der Waals surface area contributed by atoms with Crippen molar-refractivity contribution in [3.05, 3.63) is 102 Å². The van der Waals surface area contributed by atoms with E-state index in [9.17, 15) is 14.0 Å². The zero-order chi connectivity index (χ0) is 27.4. The third-order valence-corrected chi connectivity index (χ3v) is 6.83. The Balaban J connectivity index is 1.42. The molecular formula is C31H31FN4O3. The Morgan fingerprint density at radius 1 is 1.08 bits per heavy atom. The monoisotopic (exact) mass is 526 g/mol. The molecule has 1 aliphatic heterocycles. The Morgan fingerprint density at radius 2 is 1.85 bits per heavy atom. The fraction of sp³-hybridized carbons (Fsp3) is 0.258. The van der Waals surface area contributed by atoms with Gasteiger partial charge in [-0.3, -0.25) is 19.5 Å². The molecule has 0 aliphatic carbocycles. The average molecular weight is 527 g/mol. The van der Waals surface area contributed by atoms with Crippen molar-refractivity contribution in [3.8, 4) is 16.9 Å². The first kappa shape index (κ1) is 26.3. The maximum atomic E-state index is 14.5. The first-order valence-electron chi connectivity index (χ1n) is 13.1.